The number of aromatic nitrogens is 2. The fraction of sp³-hybridized carbons (Fsp3) is 0.300. The van der Waals surface area contributed by atoms with Gasteiger partial charge >= 0.3 is 6.09 Å². The van der Waals surface area contributed by atoms with E-state index in [0.717, 1.165) is 21.8 Å². The number of carbonyl (C=O) groups is 1. The van der Waals surface area contributed by atoms with Crippen LogP contribution in [0.25, 0.3) is 11.0 Å². The minimum Gasteiger partial charge on any atom is -0.444 e. The molecule has 0 radical (unpaired) electrons. The quantitative estimate of drug-likeness (QED) is 0.626. The number of para-hydroxylation sites is 2. The first-order valence-corrected chi connectivity index (χ1v) is 9.51. The van der Waals surface area contributed by atoms with Crippen LogP contribution in [-0.2, 0) is 4.74 Å². The van der Waals surface area contributed by atoms with E-state index in [1.165, 1.54) is 0 Å². The molecule has 1 aromatic heterocycles. The lowest BCUT2D eigenvalue weighted by molar-refractivity contribution is 0.0507. The Labute approximate surface area is 157 Å². The monoisotopic (exact) mass is 369 g/mol. The molecular weight excluding hydrogens is 346 g/mol. The molecule has 0 saturated heterocycles. The highest BCUT2D eigenvalue weighted by Gasteiger charge is 2.23. The topological polar surface area (TPSA) is 67.0 Å². The Morgan fingerprint density at radius 3 is 2.54 bits per heavy atom. The van der Waals surface area contributed by atoms with Crippen LogP contribution in [0.1, 0.15) is 32.6 Å². The van der Waals surface area contributed by atoms with Gasteiger partial charge in [-0.15, -0.1) is 11.8 Å². The Morgan fingerprint density at radius 1 is 1.15 bits per heavy atom. The number of thioether (sulfide) groups is 1. The van der Waals surface area contributed by atoms with Crippen molar-refractivity contribution in [1.82, 2.24) is 15.3 Å². The second-order valence-corrected chi connectivity index (χ2v) is 8.06. The molecule has 3 rings (SSSR count). The molecule has 26 heavy (non-hydrogen) atoms. The molecule has 0 spiro atoms. The second kappa shape index (κ2) is 7.83. The number of alkyl carbamates (subject to hydrolysis) is 1. The van der Waals surface area contributed by atoms with E-state index in [-0.39, 0.29) is 6.04 Å². The minimum absolute atomic E-state index is 0.289. The van der Waals surface area contributed by atoms with Crippen molar-refractivity contribution in [3.8, 4) is 0 Å². The standard InChI is InChI=1S/C20H23N3O2S/c1-20(2,3)25-19(24)23-17(13-26-14-9-5-4-6-10-14)18-21-15-11-7-8-12-16(15)22-18/h4-12,17H,13H2,1-3H3,(H,21,22)(H,23,24). The van der Waals surface area contributed by atoms with Crippen LogP contribution in [0, 0.1) is 0 Å². The van der Waals surface area contributed by atoms with Crippen molar-refractivity contribution in [1.29, 1.82) is 0 Å². The molecule has 0 saturated carbocycles. The molecular formula is C20H23N3O2S. The van der Waals surface area contributed by atoms with E-state index in [1.807, 2.05) is 75.4 Å². The van der Waals surface area contributed by atoms with Gasteiger partial charge < -0.3 is 15.0 Å². The maximum atomic E-state index is 12.3. The summed E-state index contributed by atoms with van der Waals surface area (Å²) in [6.45, 7) is 5.55. The van der Waals surface area contributed by atoms with Gasteiger partial charge in [-0.2, -0.15) is 0 Å². The van der Waals surface area contributed by atoms with Crippen LogP contribution in [0.2, 0.25) is 0 Å². The van der Waals surface area contributed by atoms with Gasteiger partial charge in [0.05, 0.1) is 17.1 Å². The zero-order valence-electron chi connectivity index (χ0n) is 15.2. The predicted octanol–water partition coefficient (Wildman–Crippen LogP) is 4.92. The van der Waals surface area contributed by atoms with Crippen molar-refractivity contribution >= 4 is 28.9 Å². The molecule has 0 fully saturated rings. The van der Waals surface area contributed by atoms with Crippen molar-refractivity contribution in [2.24, 2.45) is 0 Å². The van der Waals surface area contributed by atoms with E-state index in [0.29, 0.717) is 5.75 Å². The fourth-order valence-electron chi connectivity index (χ4n) is 2.47. The van der Waals surface area contributed by atoms with Crippen molar-refractivity contribution in [3.05, 3.63) is 60.4 Å². The summed E-state index contributed by atoms with van der Waals surface area (Å²) in [5.74, 6) is 1.36. The first-order valence-electron chi connectivity index (χ1n) is 8.53. The molecule has 1 atom stereocenters. The number of ether oxygens (including phenoxy) is 1. The van der Waals surface area contributed by atoms with Crippen LogP contribution >= 0.6 is 11.8 Å². The van der Waals surface area contributed by atoms with E-state index in [9.17, 15) is 4.79 Å². The van der Waals surface area contributed by atoms with Crippen LogP contribution in [-0.4, -0.2) is 27.4 Å². The number of nitrogens with one attached hydrogen (secondary N) is 2. The average molecular weight is 369 g/mol. The van der Waals surface area contributed by atoms with Crippen LogP contribution in [0.5, 0.6) is 0 Å². The summed E-state index contributed by atoms with van der Waals surface area (Å²) < 4.78 is 5.41. The lowest BCUT2D eigenvalue weighted by atomic mass is 10.2. The Bertz CT molecular complexity index is 838. The van der Waals surface area contributed by atoms with Gasteiger partial charge in [-0.05, 0) is 45.0 Å². The van der Waals surface area contributed by atoms with Crippen molar-refractivity contribution in [3.63, 3.8) is 0 Å². The summed E-state index contributed by atoms with van der Waals surface area (Å²) in [5, 5.41) is 2.95. The van der Waals surface area contributed by atoms with E-state index < -0.39 is 11.7 Å². The van der Waals surface area contributed by atoms with Gasteiger partial charge in [-0.3, -0.25) is 0 Å². The van der Waals surface area contributed by atoms with Gasteiger partial charge in [0.1, 0.15) is 11.4 Å². The van der Waals surface area contributed by atoms with Crippen LogP contribution in [0.3, 0.4) is 0 Å². The Hall–Kier alpha value is -2.47. The summed E-state index contributed by atoms with van der Waals surface area (Å²) in [4.78, 5) is 21.4. The third-order valence-corrected chi connectivity index (χ3v) is 4.69. The molecule has 2 N–H and O–H groups in total. The van der Waals surface area contributed by atoms with Gasteiger partial charge in [-0.1, -0.05) is 30.3 Å². The lowest BCUT2D eigenvalue weighted by Gasteiger charge is -2.22. The van der Waals surface area contributed by atoms with Crippen LogP contribution < -0.4 is 5.32 Å². The summed E-state index contributed by atoms with van der Waals surface area (Å²) in [7, 11) is 0. The number of rotatable bonds is 5. The molecule has 0 bridgehead atoms. The van der Waals surface area contributed by atoms with Crippen LogP contribution in [0.15, 0.2) is 59.5 Å². The number of benzene rings is 2. The molecule has 136 valence electrons. The van der Waals surface area contributed by atoms with Crippen molar-refractivity contribution < 1.29 is 9.53 Å². The number of imidazole rings is 1. The van der Waals surface area contributed by atoms with Gasteiger partial charge in [-0.25, -0.2) is 9.78 Å². The highest BCUT2D eigenvalue weighted by molar-refractivity contribution is 7.99. The fourth-order valence-corrected chi connectivity index (χ4v) is 3.42. The Kier molecular flexibility index (Phi) is 5.52. The SMILES string of the molecule is CC(C)(C)OC(=O)NC(CSc1ccccc1)c1nc2ccccc2[nH]1. The molecule has 1 amide bonds. The van der Waals surface area contributed by atoms with E-state index >= 15 is 0 Å². The summed E-state index contributed by atoms with van der Waals surface area (Å²) >= 11 is 1.66. The number of aromatic amines is 1. The summed E-state index contributed by atoms with van der Waals surface area (Å²) in [6.07, 6.45) is -0.448. The number of nitrogens with zero attached hydrogens (tertiary/aromatic N) is 1. The number of fused-ring (bicyclic) bond motifs is 1. The molecule has 0 aliphatic rings. The third kappa shape index (κ3) is 5.02. The van der Waals surface area contributed by atoms with Crippen LogP contribution in [0.4, 0.5) is 4.79 Å². The second-order valence-electron chi connectivity index (χ2n) is 6.96. The predicted molar refractivity (Wildman–Crippen MR) is 105 cm³/mol. The summed E-state index contributed by atoms with van der Waals surface area (Å²) in [6, 6.07) is 17.6. The molecule has 5 nitrogen and oxygen atoms in total. The third-order valence-electron chi connectivity index (χ3n) is 3.59. The maximum Gasteiger partial charge on any atom is 0.408 e. The Morgan fingerprint density at radius 2 is 1.85 bits per heavy atom. The maximum absolute atomic E-state index is 12.3. The first kappa shape index (κ1) is 18.3. The average Bonchev–Trinajstić information content (AvgIpc) is 3.02. The molecule has 1 heterocycles. The van der Waals surface area contributed by atoms with Gasteiger partial charge in [0, 0.05) is 10.6 Å². The molecule has 1 unspecified atom stereocenters. The summed E-state index contributed by atoms with van der Waals surface area (Å²) in [5.41, 5.74) is 1.28. The molecule has 2 aromatic carbocycles. The van der Waals surface area contributed by atoms with Crippen molar-refractivity contribution in [2.75, 3.05) is 5.75 Å². The molecule has 3 aromatic rings. The zero-order chi connectivity index (χ0) is 18.6. The number of carbonyl (C=O) groups excluding carboxylic acids is 1. The zero-order valence-corrected chi connectivity index (χ0v) is 16.0. The van der Waals surface area contributed by atoms with E-state index in [4.69, 9.17) is 4.74 Å². The number of H-pyrrole nitrogens is 1. The van der Waals surface area contributed by atoms with Gasteiger partial charge in [0.15, 0.2) is 0 Å². The molecule has 6 heteroatoms. The van der Waals surface area contributed by atoms with Gasteiger partial charge in [0.25, 0.3) is 0 Å². The molecule has 0 aliphatic heterocycles. The highest BCUT2D eigenvalue weighted by Crippen LogP contribution is 2.25. The number of amides is 1. The first-order chi connectivity index (χ1) is 12.4. The number of hydrogen-bond donors (Lipinski definition) is 2. The van der Waals surface area contributed by atoms with Crippen molar-refractivity contribution in [2.45, 2.75) is 37.3 Å². The smallest absolute Gasteiger partial charge is 0.408 e. The van der Waals surface area contributed by atoms with Gasteiger partial charge in [0.2, 0.25) is 0 Å². The van der Waals surface area contributed by atoms with E-state index in [1.54, 1.807) is 11.8 Å². The highest BCUT2D eigenvalue weighted by atomic mass is 32.2. The minimum atomic E-state index is -0.547. The largest absolute Gasteiger partial charge is 0.444 e. The number of hydrogen-bond acceptors (Lipinski definition) is 4. The molecule has 0 aliphatic carbocycles. The van der Waals surface area contributed by atoms with E-state index in [2.05, 4.69) is 15.3 Å². The normalized spacial score (nSPS) is 12.7. The lowest BCUT2D eigenvalue weighted by Crippen LogP contribution is -2.36. The Balaban J connectivity index is 1.79.